The van der Waals surface area contributed by atoms with Crippen LogP contribution in [-0.2, 0) is 11.2 Å². The number of carbonyl (C=O) groups excluding carboxylic acids is 1. The predicted octanol–water partition coefficient (Wildman–Crippen LogP) is 1.55. The van der Waals surface area contributed by atoms with E-state index in [4.69, 9.17) is 4.74 Å². The number of hydrogen-bond donors (Lipinski definition) is 1. The normalized spacial score (nSPS) is 12.2. The number of benzene rings is 1. The van der Waals surface area contributed by atoms with Crippen LogP contribution in [0.4, 0.5) is 4.39 Å². The highest BCUT2D eigenvalue weighted by Crippen LogP contribution is 2.18. The van der Waals surface area contributed by atoms with Crippen molar-refractivity contribution in [3.8, 4) is 5.75 Å². The van der Waals surface area contributed by atoms with Gasteiger partial charge in [-0.25, -0.2) is 4.39 Å². The second-order valence-electron chi connectivity index (χ2n) is 3.62. The molecule has 0 spiro atoms. The van der Waals surface area contributed by atoms with Gasteiger partial charge in [0.1, 0.15) is 0 Å². The summed E-state index contributed by atoms with van der Waals surface area (Å²) in [4.78, 5) is 11.6. The van der Waals surface area contributed by atoms with Gasteiger partial charge < -0.3 is 10.1 Å². The molecule has 0 aliphatic heterocycles. The Bertz CT molecular complexity index is 379. The molecule has 1 N–H and O–H groups in total. The van der Waals surface area contributed by atoms with Crippen LogP contribution in [0.25, 0.3) is 0 Å². The first-order valence-electron chi connectivity index (χ1n) is 5.11. The number of ether oxygens (including phenoxy) is 1. The van der Waals surface area contributed by atoms with Crippen LogP contribution in [0, 0.1) is 5.82 Å². The lowest BCUT2D eigenvalue weighted by atomic mass is 10.0. The Balaban J connectivity index is 2.75. The van der Waals surface area contributed by atoms with Gasteiger partial charge in [0, 0.05) is 6.42 Å². The van der Waals surface area contributed by atoms with Crippen molar-refractivity contribution in [1.29, 1.82) is 0 Å². The molecule has 0 aliphatic carbocycles. The van der Waals surface area contributed by atoms with E-state index in [-0.39, 0.29) is 24.0 Å². The largest absolute Gasteiger partial charge is 0.494 e. The van der Waals surface area contributed by atoms with Crippen LogP contribution in [0.5, 0.6) is 5.75 Å². The van der Waals surface area contributed by atoms with Gasteiger partial charge >= 0.3 is 0 Å². The van der Waals surface area contributed by atoms with Crippen molar-refractivity contribution in [3.05, 3.63) is 29.6 Å². The number of nitrogens with one attached hydrogen (secondary N) is 1. The fraction of sp³-hybridized carbons (Fsp3) is 0.417. The Morgan fingerprint density at radius 3 is 2.75 bits per heavy atom. The Morgan fingerprint density at radius 1 is 1.56 bits per heavy atom. The van der Waals surface area contributed by atoms with Crippen LogP contribution in [0.3, 0.4) is 0 Å². The lowest BCUT2D eigenvalue weighted by molar-refractivity contribution is -0.119. The first-order chi connectivity index (χ1) is 7.58. The predicted molar refractivity (Wildman–Crippen MR) is 60.2 cm³/mol. The third-order valence-corrected chi connectivity index (χ3v) is 2.51. The van der Waals surface area contributed by atoms with Gasteiger partial charge in [-0.05, 0) is 31.7 Å². The van der Waals surface area contributed by atoms with Gasteiger partial charge in [-0.1, -0.05) is 6.07 Å². The van der Waals surface area contributed by atoms with E-state index in [9.17, 15) is 9.18 Å². The van der Waals surface area contributed by atoms with Crippen molar-refractivity contribution < 1.29 is 13.9 Å². The van der Waals surface area contributed by atoms with E-state index in [1.165, 1.54) is 19.2 Å². The molecule has 0 saturated heterocycles. The number of likely N-dealkylation sites (N-methyl/N-ethyl adjacent to an activating group) is 1. The minimum Gasteiger partial charge on any atom is -0.494 e. The van der Waals surface area contributed by atoms with Gasteiger partial charge in [-0.2, -0.15) is 0 Å². The molecule has 88 valence electrons. The van der Waals surface area contributed by atoms with Crippen molar-refractivity contribution in [2.75, 3.05) is 14.2 Å². The molecule has 3 nitrogen and oxygen atoms in total. The first kappa shape index (κ1) is 12.6. The van der Waals surface area contributed by atoms with Crippen molar-refractivity contribution in [2.45, 2.75) is 19.4 Å². The third-order valence-electron chi connectivity index (χ3n) is 2.51. The Kier molecular flexibility index (Phi) is 4.43. The van der Waals surface area contributed by atoms with E-state index in [0.29, 0.717) is 5.56 Å². The molecule has 1 atom stereocenters. The number of halogens is 1. The maximum atomic E-state index is 13.3. The van der Waals surface area contributed by atoms with Gasteiger partial charge in [0.15, 0.2) is 17.3 Å². The number of ketones is 1. The lowest BCUT2D eigenvalue weighted by Crippen LogP contribution is -2.31. The fourth-order valence-corrected chi connectivity index (χ4v) is 1.34. The van der Waals surface area contributed by atoms with Crippen LogP contribution in [-0.4, -0.2) is 26.0 Å². The molecule has 0 aliphatic rings. The molecule has 16 heavy (non-hydrogen) atoms. The Labute approximate surface area is 94.6 Å². The standard InChI is InChI=1S/C12H16FNO2/c1-8(14-2)11(15)7-9-4-5-12(16-3)10(13)6-9/h4-6,8,14H,7H2,1-3H3. The van der Waals surface area contributed by atoms with E-state index < -0.39 is 5.82 Å². The average Bonchev–Trinajstić information content (AvgIpc) is 2.28. The molecule has 1 aromatic carbocycles. The number of methoxy groups -OCH3 is 1. The highest BCUT2D eigenvalue weighted by molar-refractivity contribution is 5.85. The molecular weight excluding hydrogens is 209 g/mol. The topological polar surface area (TPSA) is 38.3 Å². The van der Waals surface area contributed by atoms with E-state index in [1.807, 2.05) is 0 Å². The average molecular weight is 225 g/mol. The summed E-state index contributed by atoms with van der Waals surface area (Å²) < 4.78 is 18.1. The van der Waals surface area contributed by atoms with E-state index in [0.717, 1.165) is 0 Å². The van der Waals surface area contributed by atoms with Gasteiger partial charge in [-0.15, -0.1) is 0 Å². The summed E-state index contributed by atoms with van der Waals surface area (Å²) in [5.41, 5.74) is 0.658. The summed E-state index contributed by atoms with van der Waals surface area (Å²) in [7, 11) is 3.13. The summed E-state index contributed by atoms with van der Waals surface area (Å²) >= 11 is 0. The number of Topliss-reactive ketones (excluding diaryl/α,β-unsaturated/α-hetero) is 1. The van der Waals surface area contributed by atoms with E-state index in [2.05, 4.69) is 5.32 Å². The van der Waals surface area contributed by atoms with Crippen LogP contribution >= 0.6 is 0 Å². The second kappa shape index (κ2) is 5.61. The molecular formula is C12H16FNO2. The zero-order valence-corrected chi connectivity index (χ0v) is 9.71. The van der Waals surface area contributed by atoms with Crippen molar-refractivity contribution in [2.24, 2.45) is 0 Å². The van der Waals surface area contributed by atoms with Crippen LogP contribution < -0.4 is 10.1 Å². The monoisotopic (exact) mass is 225 g/mol. The molecule has 0 heterocycles. The smallest absolute Gasteiger partial charge is 0.165 e. The molecule has 0 saturated carbocycles. The van der Waals surface area contributed by atoms with Gasteiger partial charge in [-0.3, -0.25) is 4.79 Å². The van der Waals surface area contributed by atoms with Crippen molar-refractivity contribution >= 4 is 5.78 Å². The van der Waals surface area contributed by atoms with Crippen molar-refractivity contribution in [3.63, 3.8) is 0 Å². The first-order valence-corrected chi connectivity index (χ1v) is 5.11. The summed E-state index contributed by atoms with van der Waals surface area (Å²) in [6.07, 6.45) is 0.225. The zero-order valence-electron chi connectivity index (χ0n) is 9.71. The summed E-state index contributed by atoms with van der Waals surface area (Å²) in [6, 6.07) is 4.34. The molecule has 1 aromatic rings. The molecule has 1 rings (SSSR count). The van der Waals surface area contributed by atoms with Gasteiger partial charge in [0.2, 0.25) is 0 Å². The highest BCUT2D eigenvalue weighted by Gasteiger charge is 2.12. The third kappa shape index (κ3) is 3.03. The molecule has 0 amide bonds. The Hall–Kier alpha value is -1.42. The van der Waals surface area contributed by atoms with Crippen LogP contribution in [0.2, 0.25) is 0 Å². The lowest BCUT2D eigenvalue weighted by Gasteiger charge is -2.09. The Morgan fingerprint density at radius 2 is 2.25 bits per heavy atom. The fourth-order valence-electron chi connectivity index (χ4n) is 1.34. The summed E-state index contributed by atoms with van der Waals surface area (Å²) in [6.45, 7) is 1.78. The number of carbonyl (C=O) groups is 1. The molecule has 4 heteroatoms. The van der Waals surface area contributed by atoms with Gasteiger partial charge in [0.05, 0.1) is 13.2 Å². The summed E-state index contributed by atoms with van der Waals surface area (Å²) in [5, 5.41) is 2.85. The SMILES string of the molecule is CNC(C)C(=O)Cc1ccc(OC)c(F)c1. The van der Waals surface area contributed by atoms with Gasteiger partial charge in [0.25, 0.3) is 0 Å². The molecule has 0 fully saturated rings. The minimum absolute atomic E-state index is 0.0343. The van der Waals surface area contributed by atoms with Crippen LogP contribution in [0.15, 0.2) is 18.2 Å². The van der Waals surface area contributed by atoms with E-state index >= 15 is 0 Å². The number of hydrogen-bond acceptors (Lipinski definition) is 3. The summed E-state index contributed by atoms with van der Waals surface area (Å²) in [5.74, 6) is -0.213. The quantitative estimate of drug-likeness (QED) is 0.826. The molecule has 0 aromatic heterocycles. The van der Waals surface area contributed by atoms with Crippen molar-refractivity contribution in [1.82, 2.24) is 5.32 Å². The highest BCUT2D eigenvalue weighted by atomic mass is 19.1. The molecule has 0 bridgehead atoms. The molecule has 1 unspecified atom stereocenters. The zero-order chi connectivity index (χ0) is 12.1. The number of rotatable bonds is 5. The maximum Gasteiger partial charge on any atom is 0.165 e. The van der Waals surface area contributed by atoms with Crippen LogP contribution in [0.1, 0.15) is 12.5 Å². The second-order valence-corrected chi connectivity index (χ2v) is 3.62. The maximum absolute atomic E-state index is 13.3. The minimum atomic E-state index is -0.440. The van der Waals surface area contributed by atoms with E-state index in [1.54, 1.807) is 20.0 Å². The molecule has 0 radical (unpaired) electrons.